The van der Waals surface area contributed by atoms with Gasteiger partial charge in [0.15, 0.2) is 0 Å². The summed E-state index contributed by atoms with van der Waals surface area (Å²) in [4.78, 5) is 28.7. The molecule has 5 heteroatoms. The van der Waals surface area contributed by atoms with E-state index in [-0.39, 0.29) is 5.92 Å². The predicted octanol–water partition coefficient (Wildman–Crippen LogP) is 2.61. The molecule has 3 saturated heterocycles. The fourth-order valence-electron chi connectivity index (χ4n) is 4.55. The zero-order chi connectivity index (χ0) is 17.4. The second-order valence-electron chi connectivity index (χ2n) is 7.86. The first-order chi connectivity index (χ1) is 12.1. The summed E-state index contributed by atoms with van der Waals surface area (Å²) in [5, 5.41) is 9.42. The van der Waals surface area contributed by atoms with E-state index >= 15 is 0 Å². The van der Waals surface area contributed by atoms with E-state index in [2.05, 4.69) is 9.80 Å². The number of benzene rings is 1. The van der Waals surface area contributed by atoms with Gasteiger partial charge in [0.05, 0.1) is 5.56 Å². The quantitative estimate of drug-likeness (QED) is 0.914. The number of rotatable bonds is 4. The van der Waals surface area contributed by atoms with Crippen molar-refractivity contribution in [2.24, 2.45) is 11.8 Å². The van der Waals surface area contributed by atoms with Crippen LogP contribution in [0.15, 0.2) is 24.3 Å². The molecule has 1 aliphatic carbocycles. The van der Waals surface area contributed by atoms with Crippen molar-refractivity contribution in [1.82, 2.24) is 9.80 Å². The minimum absolute atomic E-state index is 0.263. The molecule has 2 atom stereocenters. The van der Waals surface area contributed by atoms with Gasteiger partial charge in [-0.1, -0.05) is 24.6 Å². The minimum atomic E-state index is -0.864. The van der Waals surface area contributed by atoms with Gasteiger partial charge in [-0.3, -0.25) is 9.69 Å². The van der Waals surface area contributed by atoms with E-state index in [1.54, 1.807) is 12.1 Å². The molecule has 25 heavy (non-hydrogen) atoms. The summed E-state index contributed by atoms with van der Waals surface area (Å²) in [5.41, 5.74) is 1.27. The maximum absolute atomic E-state index is 12.7. The molecule has 1 aromatic carbocycles. The molecule has 1 amide bonds. The van der Waals surface area contributed by atoms with Crippen molar-refractivity contribution in [3.05, 3.63) is 35.4 Å². The van der Waals surface area contributed by atoms with Crippen LogP contribution < -0.4 is 0 Å². The highest BCUT2D eigenvalue weighted by molar-refractivity contribution is 5.89. The van der Waals surface area contributed by atoms with Gasteiger partial charge in [0.1, 0.15) is 0 Å². The molecule has 3 aliphatic heterocycles. The fourth-order valence-corrected chi connectivity index (χ4v) is 4.55. The molecule has 5 nitrogen and oxygen atoms in total. The van der Waals surface area contributed by atoms with Crippen LogP contribution in [0.4, 0.5) is 0 Å². The molecule has 1 N–H and O–H groups in total. The number of carboxylic acids is 1. The molecule has 1 saturated carbocycles. The molecule has 0 aromatic heterocycles. The Morgan fingerprint density at radius 3 is 2.56 bits per heavy atom. The Morgan fingerprint density at radius 2 is 1.84 bits per heavy atom. The van der Waals surface area contributed by atoms with Crippen molar-refractivity contribution >= 4 is 11.9 Å². The topological polar surface area (TPSA) is 60.9 Å². The van der Waals surface area contributed by atoms with Crippen molar-refractivity contribution < 1.29 is 14.7 Å². The molecule has 0 radical (unpaired) electrons. The fraction of sp³-hybridized carbons (Fsp3) is 0.600. The third-order valence-electron chi connectivity index (χ3n) is 6.21. The van der Waals surface area contributed by atoms with Crippen LogP contribution in [-0.4, -0.2) is 52.5 Å². The molecular weight excluding hydrogens is 316 g/mol. The highest BCUT2D eigenvalue weighted by atomic mass is 16.4. The van der Waals surface area contributed by atoms with Crippen LogP contribution in [0, 0.1) is 11.8 Å². The summed E-state index contributed by atoms with van der Waals surface area (Å²) in [6.45, 7) is 3.31. The summed E-state index contributed by atoms with van der Waals surface area (Å²) in [6.07, 6.45) is 5.58. The maximum atomic E-state index is 12.7. The molecule has 134 valence electrons. The summed E-state index contributed by atoms with van der Waals surface area (Å²) >= 11 is 0. The summed E-state index contributed by atoms with van der Waals surface area (Å²) in [6, 6.07) is 7.63. The minimum Gasteiger partial charge on any atom is -0.478 e. The molecule has 4 fully saturated rings. The SMILES string of the molecule is O=C(O)c1ccccc1CN1C[C@H]2CC[C@@H]1CN(C(=O)C1CCC1)C2. The van der Waals surface area contributed by atoms with Crippen LogP contribution in [0.2, 0.25) is 0 Å². The van der Waals surface area contributed by atoms with Crippen molar-refractivity contribution in [1.29, 1.82) is 0 Å². The number of amides is 1. The molecule has 2 bridgehead atoms. The van der Waals surface area contributed by atoms with Crippen LogP contribution in [0.1, 0.15) is 48.0 Å². The second-order valence-corrected chi connectivity index (χ2v) is 7.86. The normalized spacial score (nSPS) is 27.0. The Balaban J connectivity index is 1.49. The van der Waals surface area contributed by atoms with E-state index in [1.807, 2.05) is 12.1 Å². The molecule has 0 unspecified atom stereocenters. The van der Waals surface area contributed by atoms with E-state index in [4.69, 9.17) is 0 Å². The predicted molar refractivity (Wildman–Crippen MR) is 94.2 cm³/mol. The lowest BCUT2D eigenvalue weighted by Gasteiger charge is -2.36. The lowest BCUT2D eigenvalue weighted by atomic mass is 9.84. The van der Waals surface area contributed by atoms with Gasteiger partial charge < -0.3 is 10.0 Å². The van der Waals surface area contributed by atoms with E-state index in [9.17, 15) is 14.7 Å². The van der Waals surface area contributed by atoms with Gasteiger partial charge in [0.25, 0.3) is 0 Å². The van der Waals surface area contributed by atoms with E-state index in [0.29, 0.717) is 30.0 Å². The Morgan fingerprint density at radius 1 is 1.04 bits per heavy atom. The number of carbonyl (C=O) groups is 2. The lowest BCUT2D eigenvalue weighted by Crippen LogP contribution is -2.45. The molecule has 1 aromatic rings. The average molecular weight is 342 g/mol. The van der Waals surface area contributed by atoms with E-state index in [0.717, 1.165) is 44.5 Å². The number of nitrogens with zero attached hydrogens (tertiary/aromatic N) is 2. The van der Waals surface area contributed by atoms with Crippen LogP contribution in [-0.2, 0) is 11.3 Å². The first-order valence-electron chi connectivity index (χ1n) is 9.46. The Hall–Kier alpha value is -1.88. The van der Waals surface area contributed by atoms with Gasteiger partial charge in [-0.15, -0.1) is 0 Å². The van der Waals surface area contributed by atoms with Crippen molar-refractivity contribution in [3.63, 3.8) is 0 Å². The molecular formula is C20H26N2O3. The zero-order valence-electron chi connectivity index (χ0n) is 14.6. The van der Waals surface area contributed by atoms with Crippen LogP contribution >= 0.6 is 0 Å². The highest BCUT2D eigenvalue weighted by Crippen LogP contribution is 2.33. The monoisotopic (exact) mass is 342 g/mol. The Bertz CT molecular complexity index is 671. The van der Waals surface area contributed by atoms with Crippen LogP contribution in [0.25, 0.3) is 0 Å². The van der Waals surface area contributed by atoms with Gasteiger partial charge in [-0.25, -0.2) is 4.79 Å². The number of hydrogen-bond donors (Lipinski definition) is 1. The molecule has 0 spiro atoms. The number of fused-ring (bicyclic) bond motifs is 4. The van der Waals surface area contributed by atoms with Crippen LogP contribution in [0.5, 0.6) is 0 Å². The first kappa shape index (κ1) is 16.6. The van der Waals surface area contributed by atoms with Gasteiger partial charge in [-0.2, -0.15) is 0 Å². The lowest BCUT2D eigenvalue weighted by molar-refractivity contribution is -0.138. The number of hydrogen-bond acceptors (Lipinski definition) is 3. The Labute approximate surface area is 148 Å². The smallest absolute Gasteiger partial charge is 0.336 e. The van der Waals surface area contributed by atoms with Gasteiger partial charge in [0, 0.05) is 38.1 Å². The Kier molecular flexibility index (Phi) is 4.50. The molecule has 3 heterocycles. The number of piperidine rings is 1. The second kappa shape index (κ2) is 6.79. The third kappa shape index (κ3) is 3.30. The number of carboxylic acid groups (broad SMARTS) is 1. The third-order valence-corrected chi connectivity index (χ3v) is 6.21. The van der Waals surface area contributed by atoms with E-state index in [1.165, 1.54) is 12.8 Å². The largest absolute Gasteiger partial charge is 0.478 e. The average Bonchev–Trinajstić information content (AvgIpc) is 2.85. The number of carbonyl (C=O) groups excluding carboxylic acids is 1. The van der Waals surface area contributed by atoms with Crippen LogP contribution in [0.3, 0.4) is 0 Å². The summed E-state index contributed by atoms with van der Waals surface area (Å²) < 4.78 is 0. The van der Waals surface area contributed by atoms with Gasteiger partial charge in [0.2, 0.25) is 5.91 Å². The highest BCUT2D eigenvalue weighted by Gasteiger charge is 2.39. The van der Waals surface area contributed by atoms with E-state index < -0.39 is 5.97 Å². The van der Waals surface area contributed by atoms with Crippen molar-refractivity contribution in [3.8, 4) is 0 Å². The summed E-state index contributed by atoms with van der Waals surface area (Å²) in [7, 11) is 0. The number of aromatic carboxylic acids is 1. The summed E-state index contributed by atoms with van der Waals surface area (Å²) in [5.74, 6) is 0.270. The zero-order valence-corrected chi connectivity index (χ0v) is 14.6. The molecule has 4 aliphatic rings. The maximum Gasteiger partial charge on any atom is 0.336 e. The van der Waals surface area contributed by atoms with Gasteiger partial charge >= 0.3 is 5.97 Å². The van der Waals surface area contributed by atoms with Crippen molar-refractivity contribution in [2.45, 2.75) is 44.7 Å². The first-order valence-corrected chi connectivity index (χ1v) is 9.46. The molecule has 5 rings (SSSR count). The van der Waals surface area contributed by atoms with Crippen molar-refractivity contribution in [2.75, 3.05) is 19.6 Å². The standard InChI is InChI=1S/C20H26N2O3/c23-19(15-5-3-6-15)22-11-14-8-9-17(13-22)21(10-14)12-16-4-1-2-7-18(16)20(24)25/h1-2,4,7,14-15,17H,3,5-6,8-13H2,(H,24,25)/t14-,17-/m1/s1. The van der Waals surface area contributed by atoms with Gasteiger partial charge in [-0.05, 0) is 43.2 Å².